The topological polar surface area (TPSA) is 142 Å². The van der Waals surface area contributed by atoms with Crippen LogP contribution in [0.15, 0.2) is 40.8 Å². The van der Waals surface area contributed by atoms with Crippen LogP contribution in [0.25, 0.3) is 22.6 Å². The molecule has 0 aromatic heterocycles. The minimum atomic E-state index is -3.98. The van der Waals surface area contributed by atoms with Crippen molar-refractivity contribution < 1.29 is 22.2 Å². The predicted octanol–water partition coefficient (Wildman–Crippen LogP) is 2.22. The van der Waals surface area contributed by atoms with Gasteiger partial charge in [0.1, 0.15) is 18.3 Å². The Morgan fingerprint density at radius 2 is 1.97 bits per heavy atom. The molecule has 1 aromatic carbocycles. The van der Waals surface area contributed by atoms with Gasteiger partial charge in [0, 0.05) is 43.0 Å². The standard InChI is InChI=1S/C27H37N5O5S/c1-3-32(14-4-16-38(34,35)36)22-10-12-24-26(18-22)37-25-17-21(9-11-23(25)30-24)31(2)15-13-27(33)29-20-7-5-19(28)6-8-20/h9-12,17-20H,3-8,13-16,28H2,1-2H3,(H-,29,33,34,35,36)/p+1. The Labute approximate surface area is 223 Å². The van der Waals surface area contributed by atoms with Gasteiger partial charge in [-0.15, -0.1) is 0 Å². The zero-order valence-electron chi connectivity index (χ0n) is 22.1. The number of carbonyl (C=O) groups is 1. The molecule has 4 rings (SSSR count). The number of hydrogen-bond donors (Lipinski definition) is 3. The summed E-state index contributed by atoms with van der Waals surface area (Å²) in [6.07, 6.45) is 4.52. The van der Waals surface area contributed by atoms with E-state index in [0.29, 0.717) is 43.8 Å². The highest BCUT2D eigenvalue weighted by molar-refractivity contribution is 7.85. The Kier molecular flexibility index (Phi) is 9.01. The molecule has 3 aliphatic rings. The number of fused-ring (bicyclic) bond motifs is 2. The number of hydrogen-bond acceptors (Lipinski definition) is 7. The third-order valence-electron chi connectivity index (χ3n) is 7.18. The highest BCUT2D eigenvalue weighted by Crippen LogP contribution is 2.27. The molecule has 1 amide bonds. The summed E-state index contributed by atoms with van der Waals surface area (Å²) in [5.41, 5.74) is 8.92. The fourth-order valence-corrected chi connectivity index (χ4v) is 5.40. The van der Waals surface area contributed by atoms with Crippen molar-refractivity contribution in [3.63, 3.8) is 0 Å². The van der Waals surface area contributed by atoms with E-state index in [0.717, 1.165) is 47.9 Å². The van der Waals surface area contributed by atoms with Crippen LogP contribution < -0.4 is 25.9 Å². The molecule has 0 unspecified atom stereocenters. The Morgan fingerprint density at radius 1 is 1.21 bits per heavy atom. The summed E-state index contributed by atoms with van der Waals surface area (Å²) in [5, 5.41) is 4.07. The van der Waals surface area contributed by atoms with Crippen molar-refractivity contribution in [1.29, 1.82) is 0 Å². The second-order valence-corrected chi connectivity index (χ2v) is 11.7. The van der Waals surface area contributed by atoms with Crippen LogP contribution in [0.2, 0.25) is 0 Å². The lowest BCUT2D eigenvalue weighted by atomic mass is 9.92. The fourth-order valence-electron chi connectivity index (χ4n) is 4.91. The highest BCUT2D eigenvalue weighted by atomic mass is 32.2. The Morgan fingerprint density at radius 3 is 2.68 bits per heavy atom. The Balaban J connectivity index is 1.48. The second-order valence-electron chi connectivity index (χ2n) is 10.1. The quantitative estimate of drug-likeness (QED) is 0.200. The number of benzene rings is 2. The summed E-state index contributed by atoms with van der Waals surface area (Å²) in [7, 11) is -2.03. The summed E-state index contributed by atoms with van der Waals surface area (Å²) in [4.78, 5) is 19.2. The summed E-state index contributed by atoms with van der Waals surface area (Å²) in [6.45, 7) is 3.72. The smallest absolute Gasteiger partial charge is 0.264 e. The van der Waals surface area contributed by atoms with Crippen molar-refractivity contribution in [2.24, 2.45) is 5.73 Å². The number of aromatic nitrogens is 1. The first-order valence-electron chi connectivity index (χ1n) is 13.2. The van der Waals surface area contributed by atoms with E-state index in [1.165, 1.54) is 0 Å². The number of nitrogens with zero attached hydrogens (tertiary/aromatic N) is 3. The van der Waals surface area contributed by atoms with Gasteiger partial charge in [0.2, 0.25) is 11.3 Å². The van der Waals surface area contributed by atoms with Crippen LogP contribution in [0.1, 0.15) is 45.4 Å². The average Bonchev–Trinajstić information content (AvgIpc) is 2.88. The van der Waals surface area contributed by atoms with Crippen LogP contribution in [-0.4, -0.2) is 68.4 Å². The van der Waals surface area contributed by atoms with Crippen molar-refractivity contribution >= 4 is 32.8 Å². The number of nitrogens with one attached hydrogen (secondary N) is 1. The predicted molar refractivity (Wildman–Crippen MR) is 149 cm³/mol. The van der Waals surface area contributed by atoms with E-state index < -0.39 is 10.1 Å². The second kappa shape index (κ2) is 12.2. The molecule has 1 aromatic rings. The molecular formula is C27H38N5O5S+. The summed E-state index contributed by atoms with van der Waals surface area (Å²) in [6, 6.07) is 12.0. The zero-order valence-corrected chi connectivity index (χ0v) is 22.9. The molecule has 0 bridgehead atoms. The molecule has 4 N–H and O–H groups in total. The highest BCUT2D eigenvalue weighted by Gasteiger charge is 2.20. The third-order valence-corrected chi connectivity index (χ3v) is 7.98. The third kappa shape index (κ3) is 7.52. The molecule has 0 spiro atoms. The average molecular weight is 545 g/mol. The lowest BCUT2D eigenvalue weighted by Crippen LogP contribution is -2.41. The lowest BCUT2D eigenvalue weighted by Gasteiger charge is -2.26. The van der Waals surface area contributed by atoms with Gasteiger partial charge in [0.05, 0.1) is 18.2 Å². The monoisotopic (exact) mass is 544 g/mol. The van der Waals surface area contributed by atoms with Gasteiger partial charge < -0.3 is 20.4 Å². The maximum atomic E-state index is 12.5. The van der Waals surface area contributed by atoms with E-state index in [4.69, 9.17) is 19.7 Å². The van der Waals surface area contributed by atoms with Gasteiger partial charge in [-0.2, -0.15) is 8.42 Å². The van der Waals surface area contributed by atoms with Crippen LogP contribution in [0.4, 0.5) is 5.69 Å². The van der Waals surface area contributed by atoms with E-state index in [1.54, 1.807) is 0 Å². The molecule has 1 saturated carbocycles. The molecule has 11 heteroatoms. The SMILES string of the molecule is CCN(CCCS(=O)(=O)O)c1ccc2nc3ccc(=[N+](C)CCC(=O)NC4CCC(N)CC4)cc-3oc2c1. The first kappa shape index (κ1) is 28.0. The zero-order chi connectivity index (χ0) is 27.3. The summed E-state index contributed by atoms with van der Waals surface area (Å²) in [5.74, 6) is 0.414. The van der Waals surface area contributed by atoms with Gasteiger partial charge >= 0.3 is 0 Å². The number of nitrogens with two attached hydrogens (primary N) is 1. The maximum Gasteiger partial charge on any atom is 0.264 e. The largest absolute Gasteiger partial charge is 0.452 e. The van der Waals surface area contributed by atoms with Gasteiger partial charge in [-0.05, 0) is 57.2 Å². The van der Waals surface area contributed by atoms with Gasteiger partial charge in [0.15, 0.2) is 17.9 Å². The molecule has 0 radical (unpaired) electrons. The first-order chi connectivity index (χ1) is 18.1. The van der Waals surface area contributed by atoms with E-state index in [-0.39, 0.29) is 23.7 Å². The number of rotatable bonds is 10. The van der Waals surface area contributed by atoms with Crippen LogP contribution >= 0.6 is 0 Å². The Hall–Kier alpha value is -3.02. The molecular weight excluding hydrogens is 506 g/mol. The lowest BCUT2D eigenvalue weighted by molar-refractivity contribution is -0.122. The van der Waals surface area contributed by atoms with Crippen molar-refractivity contribution in [3.05, 3.63) is 41.8 Å². The number of carbonyl (C=O) groups excluding carboxylic acids is 1. The molecule has 10 nitrogen and oxygen atoms in total. The van der Waals surface area contributed by atoms with E-state index >= 15 is 0 Å². The normalized spacial score (nSPS) is 18.9. The molecule has 2 aliphatic carbocycles. The molecule has 206 valence electrons. The van der Waals surface area contributed by atoms with Crippen LogP contribution in [0, 0.1) is 0 Å². The molecule has 38 heavy (non-hydrogen) atoms. The molecule has 1 heterocycles. The van der Waals surface area contributed by atoms with Crippen molar-refractivity contribution in [2.75, 3.05) is 37.3 Å². The summed E-state index contributed by atoms with van der Waals surface area (Å²) >= 11 is 0. The van der Waals surface area contributed by atoms with Gasteiger partial charge in [0.25, 0.3) is 10.1 Å². The molecule has 0 saturated heterocycles. The van der Waals surface area contributed by atoms with Crippen LogP contribution in [0.3, 0.4) is 0 Å². The Bertz CT molecular complexity index is 1410. The minimum absolute atomic E-state index is 0.0556. The summed E-state index contributed by atoms with van der Waals surface area (Å²) < 4.78 is 39.4. The van der Waals surface area contributed by atoms with Crippen molar-refractivity contribution in [3.8, 4) is 11.5 Å². The van der Waals surface area contributed by atoms with Gasteiger partial charge in [-0.3, -0.25) is 9.35 Å². The molecule has 0 atom stereocenters. The number of anilines is 1. The van der Waals surface area contributed by atoms with Gasteiger partial charge in [-0.25, -0.2) is 9.56 Å². The van der Waals surface area contributed by atoms with Crippen LogP contribution in [0.5, 0.6) is 0 Å². The molecule has 1 aliphatic heterocycles. The van der Waals surface area contributed by atoms with Crippen molar-refractivity contribution in [2.45, 2.75) is 57.5 Å². The maximum absolute atomic E-state index is 12.5. The van der Waals surface area contributed by atoms with E-state index in [1.807, 2.05) is 59.8 Å². The van der Waals surface area contributed by atoms with E-state index in [9.17, 15) is 13.2 Å². The minimum Gasteiger partial charge on any atom is -0.452 e. The van der Waals surface area contributed by atoms with E-state index in [2.05, 4.69) is 5.32 Å². The number of amides is 1. The van der Waals surface area contributed by atoms with Crippen molar-refractivity contribution in [1.82, 2.24) is 14.9 Å². The first-order valence-corrected chi connectivity index (χ1v) is 14.9. The fraction of sp³-hybridized carbons (Fsp3) is 0.519. The molecule has 1 fully saturated rings. The van der Waals surface area contributed by atoms with Crippen LogP contribution in [-0.2, 0) is 14.9 Å². The van der Waals surface area contributed by atoms with Gasteiger partial charge in [-0.1, -0.05) is 0 Å².